The Balaban J connectivity index is 1.21. The minimum atomic E-state index is -3.27. The third-order valence-electron chi connectivity index (χ3n) is 6.86. The second kappa shape index (κ2) is 8.70. The Bertz CT molecular complexity index is 1540. The lowest BCUT2D eigenvalue weighted by Crippen LogP contribution is -2.56. The van der Waals surface area contributed by atoms with Crippen molar-refractivity contribution in [3.63, 3.8) is 0 Å². The van der Waals surface area contributed by atoms with Gasteiger partial charge in [0.15, 0.2) is 5.82 Å². The Labute approximate surface area is 212 Å². The summed E-state index contributed by atoms with van der Waals surface area (Å²) in [7, 11) is -3.27. The van der Waals surface area contributed by atoms with Gasteiger partial charge in [-0.1, -0.05) is 0 Å². The standard InChI is InChI=1S/C24H25FN6O5S/c1-12-17(8-29-23-22(12)27-4-5-35-23)16-6-13-7-19(28-9-18(13)21(26)20(16)25)30-24(32)36-14-10-31(11-14)37(33,34)15-2-3-15/h6-9,14-15,27H,2-5,10-11,26H2,1H3,(H,28,30,32). The Morgan fingerprint density at radius 1 is 1.24 bits per heavy atom. The van der Waals surface area contributed by atoms with Gasteiger partial charge in [0, 0.05) is 35.5 Å². The molecule has 1 aromatic carbocycles. The molecule has 1 saturated heterocycles. The van der Waals surface area contributed by atoms with Gasteiger partial charge in [-0.3, -0.25) is 5.32 Å². The number of ether oxygens (including phenoxy) is 2. The van der Waals surface area contributed by atoms with Gasteiger partial charge in [-0.05, 0) is 42.8 Å². The first-order valence-corrected chi connectivity index (χ1v) is 13.4. The first-order valence-electron chi connectivity index (χ1n) is 11.9. The van der Waals surface area contributed by atoms with E-state index in [-0.39, 0.29) is 35.4 Å². The number of fused-ring (bicyclic) bond motifs is 2. The summed E-state index contributed by atoms with van der Waals surface area (Å²) in [6, 6.07) is 3.20. The van der Waals surface area contributed by atoms with Crippen molar-refractivity contribution >= 4 is 44.1 Å². The van der Waals surface area contributed by atoms with Crippen molar-refractivity contribution in [1.29, 1.82) is 0 Å². The van der Waals surface area contributed by atoms with E-state index in [1.54, 1.807) is 18.3 Å². The van der Waals surface area contributed by atoms with Crippen LogP contribution in [0.5, 0.6) is 5.88 Å². The van der Waals surface area contributed by atoms with Crippen molar-refractivity contribution in [2.75, 3.05) is 42.6 Å². The summed E-state index contributed by atoms with van der Waals surface area (Å²) >= 11 is 0. The number of rotatable bonds is 5. The van der Waals surface area contributed by atoms with Crippen molar-refractivity contribution in [3.05, 3.63) is 35.9 Å². The maximum absolute atomic E-state index is 15.3. The Morgan fingerprint density at radius 3 is 2.78 bits per heavy atom. The minimum Gasteiger partial charge on any atom is -0.474 e. The first-order chi connectivity index (χ1) is 17.7. The number of anilines is 3. The van der Waals surface area contributed by atoms with Crippen LogP contribution < -0.4 is 21.1 Å². The van der Waals surface area contributed by atoms with Crippen LogP contribution in [-0.4, -0.2) is 66.4 Å². The maximum Gasteiger partial charge on any atom is 0.413 e. The third-order valence-corrected chi connectivity index (χ3v) is 9.19. The van der Waals surface area contributed by atoms with E-state index in [0.29, 0.717) is 53.9 Å². The number of amides is 1. The number of pyridine rings is 2. The molecule has 4 heterocycles. The molecule has 3 aliphatic rings. The number of nitrogens with zero attached hydrogens (tertiary/aromatic N) is 3. The van der Waals surface area contributed by atoms with Gasteiger partial charge in [0.25, 0.3) is 0 Å². The van der Waals surface area contributed by atoms with Crippen LogP contribution in [0.15, 0.2) is 24.5 Å². The van der Waals surface area contributed by atoms with E-state index in [1.807, 2.05) is 6.92 Å². The van der Waals surface area contributed by atoms with Crippen molar-refractivity contribution in [1.82, 2.24) is 14.3 Å². The zero-order valence-corrected chi connectivity index (χ0v) is 20.8. The summed E-state index contributed by atoms with van der Waals surface area (Å²) < 4.78 is 52.0. The third kappa shape index (κ3) is 4.17. The van der Waals surface area contributed by atoms with Crippen LogP contribution in [0.4, 0.5) is 26.4 Å². The zero-order valence-electron chi connectivity index (χ0n) is 20.0. The molecule has 11 nitrogen and oxygen atoms in total. The first kappa shape index (κ1) is 23.7. The molecule has 2 fully saturated rings. The Morgan fingerprint density at radius 2 is 2.03 bits per heavy atom. The van der Waals surface area contributed by atoms with Crippen molar-refractivity contribution in [2.24, 2.45) is 0 Å². The maximum atomic E-state index is 15.3. The predicted molar refractivity (Wildman–Crippen MR) is 135 cm³/mol. The van der Waals surface area contributed by atoms with Crippen LogP contribution in [0.3, 0.4) is 0 Å². The number of aromatic nitrogens is 2. The number of nitrogens with two attached hydrogens (primary N) is 1. The van der Waals surface area contributed by atoms with E-state index in [2.05, 4.69) is 20.6 Å². The van der Waals surface area contributed by atoms with Gasteiger partial charge in [-0.2, -0.15) is 4.31 Å². The lowest BCUT2D eigenvalue weighted by Gasteiger charge is -2.37. The van der Waals surface area contributed by atoms with Gasteiger partial charge in [0.1, 0.15) is 24.2 Å². The minimum absolute atomic E-state index is 0.0677. The molecule has 37 heavy (non-hydrogen) atoms. The molecule has 4 N–H and O–H groups in total. The van der Waals surface area contributed by atoms with Crippen molar-refractivity contribution < 1.29 is 27.1 Å². The number of halogens is 1. The van der Waals surface area contributed by atoms with Crippen LogP contribution in [0.1, 0.15) is 18.4 Å². The lowest BCUT2D eigenvalue weighted by atomic mass is 9.97. The molecule has 6 rings (SSSR count). The van der Waals surface area contributed by atoms with Crippen LogP contribution in [0, 0.1) is 12.7 Å². The molecular weight excluding hydrogens is 503 g/mol. The van der Waals surface area contributed by atoms with Gasteiger partial charge in [-0.15, -0.1) is 0 Å². The summed E-state index contributed by atoms with van der Waals surface area (Å²) in [4.78, 5) is 20.9. The fourth-order valence-electron chi connectivity index (χ4n) is 4.60. The highest BCUT2D eigenvalue weighted by atomic mass is 32.2. The van der Waals surface area contributed by atoms with Gasteiger partial charge >= 0.3 is 6.09 Å². The van der Waals surface area contributed by atoms with Gasteiger partial charge in [0.05, 0.1) is 24.0 Å². The van der Waals surface area contributed by atoms with E-state index < -0.39 is 28.0 Å². The summed E-state index contributed by atoms with van der Waals surface area (Å²) in [6.45, 7) is 3.26. The fraction of sp³-hybridized carbons (Fsp3) is 0.375. The molecule has 0 bridgehead atoms. The molecule has 0 unspecified atom stereocenters. The number of nitrogen functional groups attached to an aromatic ring is 1. The lowest BCUT2D eigenvalue weighted by molar-refractivity contribution is 0.0345. The topological polar surface area (TPSA) is 149 Å². The summed E-state index contributed by atoms with van der Waals surface area (Å²) in [6.07, 6.45) is 3.02. The Kier molecular flexibility index (Phi) is 5.57. The van der Waals surface area contributed by atoms with E-state index in [9.17, 15) is 13.2 Å². The molecule has 194 valence electrons. The van der Waals surface area contributed by atoms with Gasteiger partial charge < -0.3 is 20.5 Å². The number of sulfonamides is 1. The van der Waals surface area contributed by atoms with Crippen LogP contribution in [-0.2, 0) is 14.8 Å². The second-order valence-corrected chi connectivity index (χ2v) is 11.6. The highest BCUT2D eigenvalue weighted by Crippen LogP contribution is 2.39. The molecule has 2 aliphatic heterocycles. The van der Waals surface area contributed by atoms with Gasteiger partial charge in [0.2, 0.25) is 15.9 Å². The molecule has 1 amide bonds. The molecule has 3 aromatic rings. The van der Waals surface area contributed by atoms with Crippen LogP contribution >= 0.6 is 0 Å². The van der Waals surface area contributed by atoms with Crippen molar-refractivity contribution in [2.45, 2.75) is 31.1 Å². The van der Waals surface area contributed by atoms with Crippen molar-refractivity contribution in [3.8, 4) is 17.0 Å². The molecule has 0 radical (unpaired) electrons. The highest BCUT2D eigenvalue weighted by molar-refractivity contribution is 7.90. The number of hydrogen-bond acceptors (Lipinski definition) is 9. The largest absolute Gasteiger partial charge is 0.474 e. The monoisotopic (exact) mass is 528 g/mol. The summed E-state index contributed by atoms with van der Waals surface area (Å²) in [5, 5.41) is 6.45. The van der Waals surface area contributed by atoms with Gasteiger partial charge in [-0.25, -0.2) is 27.6 Å². The van der Waals surface area contributed by atoms with Crippen LogP contribution in [0.2, 0.25) is 0 Å². The van der Waals surface area contributed by atoms with Crippen LogP contribution in [0.25, 0.3) is 21.9 Å². The van der Waals surface area contributed by atoms with E-state index in [4.69, 9.17) is 15.2 Å². The smallest absolute Gasteiger partial charge is 0.413 e. The fourth-order valence-corrected chi connectivity index (χ4v) is 6.50. The number of nitrogens with one attached hydrogen (secondary N) is 2. The average Bonchev–Trinajstić information content (AvgIpc) is 3.70. The normalized spacial score (nSPS) is 17.9. The SMILES string of the molecule is Cc1c(-c2cc3cc(NC(=O)OC4CN(S(=O)(=O)C5CC5)C4)ncc3c(N)c2F)cnc2c1NCCO2. The average molecular weight is 529 g/mol. The van der Waals surface area contributed by atoms with E-state index in [1.165, 1.54) is 10.5 Å². The number of benzene rings is 1. The number of carbonyl (C=O) groups is 1. The van der Waals surface area contributed by atoms with E-state index >= 15 is 4.39 Å². The highest BCUT2D eigenvalue weighted by Gasteiger charge is 2.46. The quantitative estimate of drug-likeness (QED) is 0.425. The number of hydrogen-bond donors (Lipinski definition) is 3. The molecular formula is C24H25FN6O5S. The molecule has 0 spiro atoms. The summed E-state index contributed by atoms with van der Waals surface area (Å²) in [5.41, 5.74) is 8.36. The number of carbonyl (C=O) groups excluding carboxylic acids is 1. The summed E-state index contributed by atoms with van der Waals surface area (Å²) in [5.74, 6) is 0.0638. The molecule has 0 atom stereocenters. The predicted octanol–water partition coefficient (Wildman–Crippen LogP) is 2.86. The molecule has 1 saturated carbocycles. The second-order valence-electron chi connectivity index (χ2n) is 9.41. The van der Waals surface area contributed by atoms with E-state index in [0.717, 1.165) is 5.56 Å². The molecule has 2 aromatic heterocycles. The molecule has 1 aliphatic carbocycles. The molecule has 13 heteroatoms. The zero-order chi connectivity index (χ0) is 25.9. The Hall–Kier alpha value is -3.71.